The molecular formula is C7H11N5O3. The molecule has 1 rings (SSSR count). The third kappa shape index (κ3) is 4.07. The van der Waals surface area contributed by atoms with Gasteiger partial charge in [0.2, 0.25) is 12.3 Å². The van der Waals surface area contributed by atoms with Crippen molar-refractivity contribution in [3.05, 3.63) is 12.2 Å². The van der Waals surface area contributed by atoms with Crippen LogP contribution in [0.2, 0.25) is 0 Å². The molecule has 0 spiro atoms. The molecule has 0 aliphatic rings. The van der Waals surface area contributed by atoms with Gasteiger partial charge in [0, 0.05) is 13.0 Å². The van der Waals surface area contributed by atoms with Crippen molar-refractivity contribution in [2.45, 2.75) is 12.8 Å². The first-order valence-electron chi connectivity index (χ1n) is 4.20. The van der Waals surface area contributed by atoms with Crippen molar-refractivity contribution in [2.24, 2.45) is 10.9 Å². The number of carbonyl (C=O) groups is 1. The Morgan fingerprint density at radius 1 is 1.73 bits per heavy atom. The molecule has 1 aromatic heterocycles. The fourth-order valence-corrected chi connectivity index (χ4v) is 0.879. The van der Waals surface area contributed by atoms with Crippen LogP contribution in [0, 0.1) is 0 Å². The van der Waals surface area contributed by atoms with Gasteiger partial charge in [-0.3, -0.25) is 4.79 Å². The van der Waals surface area contributed by atoms with E-state index in [1.165, 1.54) is 6.39 Å². The number of oxime groups is 1. The molecule has 0 saturated carbocycles. The van der Waals surface area contributed by atoms with E-state index in [9.17, 15) is 4.79 Å². The summed E-state index contributed by atoms with van der Waals surface area (Å²) < 4.78 is 4.51. The second-order valence-electron chi connectivity index (χ2n) is 2.72. The molecule has 0 aromatic carbocycles. The average molecular weight is 213 g/mol. The molecule has 0 saturated heterocycles. The van der Waals surface area contributed by atoms with Crippen LogP contribution >= 0.6 is 0 Å². The second-order valence-corrected chi connectivity index (χ2v) is 2.72. The summed E-state index contributed by atoms with van der Waals surface area (Å²) in [7, 11) is 0. The number of rotatable bonds is 5. The van der Waals surface area contributed by atoms with Crippen molar-refractivity contribution in [1.29, 1.82) is 0 Å². The quantitative estimate of drug-likeness (QED) is 0.246. The topological polar surface area (TPSA) is 127 Å². The fraction of sp³-hybridized carbons (Fsp3) is 0.429. The number of hydrogen-bond donors (Lipinski definition) is 3. The monoisotopic (exact) mass is 213 g/mol. The normalized spacial score (nSPS) is 11.3. The van der Waals surface area contributed by atoms with Gasteiger partial charge in [-0.15, -0.1) is 0 Å². The van der Waals surface area contributed by atoms with E-state index in [4.69, 9.17) is 10.9 Å². The molecule has 8 heteroatoms. The zero-order valence-corrected chi connectivity index (χ0v) is 7.88. The Bertz CT molecular complexity index is 334. The van der Waals surface area contributed by atoms with E-state index in [-0.39, 0.29) is 18.2 Å². The third-order valence-corrected chi connectivity index (χ3v) is 1.55. The van der Waals surface area contributed by atoms with E-state index in [2.05, 4.69) is 25.1 Å². The number of nitrogens with two attached hydrogens (primary N) is 1. The number of nitrogens with one attached hydrogen (secondary N) is 1. The average Bonchev–Trinajstić information content (AvgIpc) is 2.70. The van der Waals surface area contributed by atoms with Gasteiger partial charge < -0.3 is 20.8 Å². The Labute approximate surface area is 85.1 Å². The number of carbonyl (C=O) groups excluding carboxylic acids is 1. The molecular weight excluding hydrogens is 202 g/mol. The van der Waals surface area contributed by atoms with Crippen LogP contribution in [-0.4, -0.2) is 33.6 Å². The summed E-state index contributed by atoms with van der Waals surface area (Å²) in [6.45, 7) is 0.372. The summed E-state index contributed by atoms with van der Waals surface area (Å²) >= 11 is 0. The third-order valence-electron chi connectivity index (χ3n) is 1.55. The zero-order chi connectivity index (χ0) is 11.1. The van der Waals surface area contributed by atoms with Gasteiger partial charge in [0.1, 0.15) is 5.84 Å². The molecule has 8 nitrogen and oxygen atoms in total. The molecule has 0 atom stereocenters. The molecule has 0 radical (unpaired) electrons. The smallest absolute Gasteiger partial charge is 0.227 e. The first-order valence-corrected chi connectivity index (χ1v) is 4.20. The van der Waals surface area contributed by atoms with E-state index in [1.54, 1.807) is 0 Å². The molecule has 0 unspecified atom stereocenters. The maximum atomic E-state index is 11.1. The van der Waals surface area contributed by atoms with Gasteiger partial charge in [0.15, 0.2) is 5.82 Å². The van der Waals surface area contributed by atoms with E-state index in [0.29, 0.717) is 18.8 Å². The van der Waals surface area contributed by atoms with Crippen molar-refractivity contribution in [2.75, 3.05) is 6.54 Å². The van der Waals surface area contributed by atoms with Gasteiger partial charge in [0.05, 0.1) is 6.42 Å². The van der Waals surface area contributed by atoms with Crippen molar-refractivity contribution < 1.29 is 14.5 Å². The number of hydrogen-bond acceptors (Lipinski definition) is 6. The summed E-state index contributed by atoms with van der Waals surface area (Å²) in [5.41, 5.74) is 5.14. The number of nitrogens with zero attached hydrogens (tertiary/aromatic N) is 3. The predicted molar refractivity (Wildman–Crippen MR) is 49.0 cm³/mol. The van der Waals surface area contributed by atoms with Crippen LogP contribution in [0.3, 0.4) is 0 Å². The van der Waals surface area contributed by atoms with E-state index in [0.717, 1.165) is 0 Å². The van der Waals surface area contributed by atoms with Crippen LogP contribution < -0.4 is 11.1 Å². The van der Waals surface area contributed by atoms with Gasteiger partial charge in [0.25, 0.3) is 0 Å². The summed E-state index contributed by atoms with van der Waals surface area (Å²) in [5.74, 6) is 0.0555. The van der Waals surface area contributed by atoms with Crippen LogP contribution in [-0.2, 0) is 11.2 Å². The SMILES string of the molecule is NC(CC(=O)NCCc1ncon1)=NO. The summed E-state index contributed by atoms with van der Waals surface area (Å²) in [6.07, 6.45) is 1.55. The Morgan fingerprint density at radius 2 is 2.53 bits per heavy atom. The van der Waals surface area contributed by atoms with Crippen LogP contribution in [0.4, 0.5) is 0 Å². The molecule has 1 aromatic rings. The lowest BCUT2D eigenvalue weighted by atomic mass is 10.3. The molecule has 0 aliphatic carbocycles. The van der Waals surface area contributed by atoms with Gasteiger partial charge in [-0.2, -0.15) is 4.98 Å². The minimum atomic E-state index is -0.325. The maximum Gasteiger partial charge on any atom is 0.227 e. The van der Waals surface area contributed by atoms with E-state index < -0.39 is 0 Å². The van der Waals surface area contributed by atoms with Crippen molar-refractivity contribution in [3.8, 4) is 0 Å². The standard InChI is InChI=1S/C7H11N5O3/c8-5(11-14)3-7(13)9-2-1-6-10-4-15-12-6/h4,14H,1-3H2,(H2,8,11)(H,9,13). The maximum absolute atomic E-state index is 11.1. The molecule has 1 heterocycles. The lowest BCUT2D eigenvalue weighted by Gasteiger charge is -2.01. The summed E-state index contributed by atoms with van der Waals surface area (Å²) in [5, 5.41) is 17.0. The van der Waals surface area contributed by atoms with E-state index >= 15 is 0 Å². The number of amides is 1. The summed E-state index contributed by atoms with van der Waals surface area (Å²) in [6, 6.07) is 0. The molecule has 0 bridgehead atoms. The highest BCUT2D eigenvalue weighted by Crippen LogP contribution is 1.88. The summed E-state index contributed by atoms with van der Waals surface area (Å²) in [4.78, 5) is 14.9. The number of aromatic nitrogens is 2. The highest BCUT2D eigenvalue weighted by molar-refractivity contribution is 5.98. The Kier molecular flexibility index (Phi) is 4.07. The lowest BCUT2D eigenvalue weighted by Crippen LogP contribution is -2.30. The molecule has 0 aliphatic heterocycles. The van der Waals surface area contributed by atoms with Crippen molar-refractivity contribution >= 4 is 11.7 Å². The van der Waals surface area contributed by atoms with Gasteiger partial charge >= 0.3 is 0 Å². The highest BCUT2D eigenvalue weighted by Gasteiger charge is 2.05. The molecule has 0 fully saturated rings. The second kappa shape index (κ2) is 5.58. The van der Waals surface area contributed by atoms with Crippen molar-refractivity contribution in [1.82, 2.24) is 15.5 Å². The lowest BCUT2D eigenvalue weighted by molar-refractivity contribution is -0.119. The first-order chi connectivity index (χ1) is 7.22. The highest BCUT2D eigenvalue weighted by atomic mass is 16.5. The fourth-order valence-electron chi connectivity index (χ4n) is 0.879. The van der Waals surface area contributed by atoms with Crippen LogP contribution in [0.25, 0.3) is 0 Å². The minimum absolute atomic E-state index is 0.132. The van der Waals surface area contributed by atoms with Crippen LogP contribution in [0.15, 0.2) is 16.1 Å². The molecule has 4 N–H and O–H groups in total. The van der Waals surface area contributed by atoms with Crippen LogP contribution in [0.1, 0.15) is 12.2 Å². The molecule has 1 amide bonds. The van der Waals surface area contributed by atoms with Gasteiger partial charge in [-0.25, -0.2) is 0 Å². The van der Waals surface area contributed by atoms with Gasteiger partial charge in [-0.1, -0.05) is 10.3 Å². The minimum Gasteiger partial charge on any atom is -0.409 e. The molecule has 82 valence electrons. The number of amidine groups is 1. The zero-order valence-electron chi connectivity index (χ0n) is 7.88. The van der Waals surface area contributed by atoms with E-state index in [1.807, 2.05) is 0 Å². The van der Waals surface area contributed by atoms with Crippen molar-refractivity contribution in [3.63, 3.8) is 0 Å². The largest absolute Gasteiger partial charge is 0.409 e. The first kappa shape index (κ1) is 11.0. The predicted octanol–water partition coefficient (Wildman–Crippen LogP) is -1.14. The Balaban J connectivity index is 2.18. The Hall–Kier alpha value is -2.12. The Morgan fingerprint density at radius 3 is 3.13 bits per heavy atom. The van der Waals surface area contributed by atoms with Gasteiger partial charge in [-0.05, 0) is 0 Å². The van der Waals surface area contributed by atoms with Crippen LogP contribution in [0.5, 0.6) is 0 Å². The molecule has 15 heavy (non-hydrogen) atoms.